The van der Waals surface area contributed by atoms with E-state index in [0.29, 0.717) is 30.7 Å². The van der Waals surface area contributed by atoms with Gasteiger partial charge in [0.1, 0.15) is 6.04 Å². The number of amides is 4. The molecule has 5 fully saturated rings. The van der Waals surface area contributed by atoms with E-state index in [1.54, 1.807) is 25.7 Å². The molecule has 0 unspecified atom stereocenters. The Kier molecular flexibility index (Phi) is 5.77. The molecule has 172 valence electrons. The summed E-state index contributed by atoms with van der Waals surface area (Å²) in [7, 11) is 0. The lowest BCUT2D eigenvalue weighted by Crippen LogP contribution is -2.56. The van der Waals surface area contributed by atoms with Crippen LogP contribution in [0.2, 0.25) is 0 Å². The Morgan fingerprint density at radius 1 is 1.00 bits per heavy atom. The number of imide groups is 1. The van der Waals surface area contributed by atoms with Crippen molar-refractivity contribution in [2.24, 2.45) is 23.2 Å². The van der Waals surface area contributed by atoms with Crippen LogP contribution in [-0.4, -0.2) is 53.4 Å². The summed E-state index contributed by atoms with van der Waals surface area (Å²) in [4.78, 5) is 51.8. The summed E-state index contributed by atoms with van der Waals surface area (Å²) in [6.45, 7) is 5.43. The van der Waals surface area contributed by atoms with Crippen molar-refractivity contribution in [2.45, 2.75) is 83.7 Å². The minimum absolute atomic E-state index is 0.125. The zero-order valence-electron chi connectivity index (χ0n) is 18.9. The van der Waals surface area contributed by atoms with Gasteiger partial charge in [-0.05, 0) is 89.9 Å². The van der Waals surface area contributed by atoms with E-state index in [1.807, 2.05) is 0 Å². The zero-order chi connectivity index (χ0) is 22.4. The SMILES string of the molecule is CC(C)(C)NC(=O)NC(=O)COC(=O)[C@@H]1CCCN1C(=O)C12CC3CC(CC(C3)C1)C2. The van der Waals surface area contributed by atoms with Crippen molar-refractivity contribution in [1.82, 2.24) is 15.5 Å². The highest BCUT2D eigenvalue weighted by molar-refractivity contribution is 5.96. The number of esters is 1. The van der Waals surface area contributed by atoms with Gasteiger partial charge >= 0.3 is 12.0 Å². The lowest BCUT2D eigenvalue weighted by molar-refractivity contribution is -0.166. The number of nitrogens with one attached hydrogen (secondary N) is 2. The van der Waals surface area contributed by atoms with Crippen molar-refractivity contribution in [2.75, 3.05) is 13.2 Å². The maximum Gasteiger partial charge on any atom is 0.329 e. The number of carbonyl (C=O) groups is 4. The van der Waals surface area contributed by atoms with Crippen LogP contribution in [0.1, 0.15) is 72.1 Å². The van der Waals surface area contributed by atoms with Crippen LogP contribution >= 0.6 is 0 Å². The molecular weight excluding hydrogens is 398 g/mol. The molecule has 4 aliphatic carbocycles. The average molecular weight is 434 g/mol. The van der Waals surface area contributed by atoms with Crippen molar-refractivity contribution >= 4 is 23.8 Å². The predicted octanol–water partition coefficient (Wildman–Crippen LogP) is 2.36. The number of nitrogens with zero attached hydrogens (tertiary/aromatic N) is 1. The van der Waals surface area contributed by atoms with E-state index in [1.165, 1.54) is 19.3 Å². The van der Waals surface area contributed by atoms with Crippen LogP contribution in [0.5, 0.6) is 0 Å². The topological polar surface area (TPSA) is 105 Å². The molecule has 4 saturated carbocycles. The molecule has 1 atom stereocenters. The molecule has 8 nitrogen and oxygen atoms in total. The molecule has 0 spiro atoms. The Morgan fingerprint density at radius 3 is 2.13 bits per heavy atom. The van der Waals surface area contributed by atoms with Gasteiger partial charge in [-0.3, -0.25) is 14.9 Å². The normalized spacial score (nSPS) is 33.8. The second-order valence-electron chi connectivity index (χ2n) is 11.2. The summed E-state index contributed by atoms with van der Waals surface area (Å²) in [6, 6.07) is -1.26. The molecule has 0 aromatic carbocycles. The van der Waals surface area contributed by atoms with Crippen molar-refractivity contribution in [3.05, 3.63) is 0 Å². The lowest BCUT2D eigenvalue weighted by atomic mass is 9.49. The number of rotatable bonds is 4. The highest BCUT2D eigenvalue weighted by Gasteiger charge is 2.57. The Bertz CT molecular complexity index is 736. The van der Waals surface area contributed by atoms with Crippen LogP contribution in [0.4, 0.5) is 4.79 Å². The highest BCUT2D eigenvalue weighted by Crippen LogP contribution is 2.60. The van der Waals surface area contributed by atoms with Crippen molar-refractivity contribution in [3.63, 3.8) is 0 Å². The third kappa shape index (κ3) is 4.72. The predicted molar refractivity (Wildman–Crippen MR) is 113 cm³/mol. The van der Waals surface area contributed by atoms with E-state index >= 15 is 0 Å². The molecule has 31 heavy (non-hydrogen) atoms. The molecule has 0 aromatic heterocycles. The lowest BCUT2D eigenvalue weighted by Gasteiger charge is -2.56. The van der Waals surface area contributed by atoms with Gasteiger partial charge in [0, 0.05) is 12.1 Å². The van der Waals surface area contributed by atoms with E-state index < -0.39 is 36.1 Å². The number of likely N-dealkylation sites (tertiary alicyclic amines) is 1. The standard InChI is InChI=1S/C23H35N3O5/c1-22(2,3)25-21(30)24-18(27)13-31-19(28)17-5-4-6-26(17)20(29)23-10-14-7-15(11-23)9-16(8-14)12-23/h14-17H,4-13H2,1-3H3,(H2,24,25,27,30)/t14?,15?,16?,17-,23?/m0/s1. The first-order valence-corrected chi connectivity index (χ1v) is 11.6. The largest absolute Gasteiger partial charge is 0.454 e. The molecular formula is C23H35N3O5. The summed E-state index contributed by atoms with van der Waals surface area (Å²) in [5.41, 5.74) is -0.775. The van der Waals surface area contributed by atoms with Gasteiger partial charge in [0.15, 0.2) is 6.61 Å². The van der Waals surface area contributed by atoms with Crippen LogP contribution in [0, 0.1) is 23.2 Å². The number of ether oxygens (including phenoxy) is 1. The van der Waals surface area contributed by atoms with E-state index in [4.69, 9.17) is 4.74 Å². The van der Waals surface area contributed by atoms with Gasteiger partial charge in [0.05, 0.1) is 5.41 Å². The summed E-state index contributed by atoms with van der Waals surface area (Å²) in [6.07, 6.45) is 7.98. The first-order valence-electron chi connectivity index (χ1n) is 11.6. The van der Waals surface area contributed by atoms with Crippen molar-refractivity contribution < 1.29 is 23.9 Å². The molecule has 1 aliphatic heterocycles. The zero-order valence-corrected chi connectivity index (χ0v) is 18.9. The van der Waals surface area contributed by atoms with Crippen LogP contribution in [0.15, 0.2) is 0 Å². The molecule has 2 N–H and O–H groups in total. The van der Waals surface area contributed by atoms with Gasteiger partial charge in [-0.1, -0.05) is 0 Å². The highest BCUT2D eigenvalue weighted by atomic mass is 16.5. The fraction of sp³-hybridized carbons (Fsp3) is 0.826. The molecule has 5 aliphatic rings. The first-order chi connectivity index (χ1) is 14.5. The van der Waals surface area contributed by atoms with Gasteiger partial charge in [0.25, 0.3) is 5.91 Å². The van der Waals surface area contributed by atoms with Crippen LogP contribution in [0.3, 0.4) is 0 Å². The van der Waals surface area contributed by atoms with E-state index in [9.17, 15) is 19.2 Å². The third-order valence-corrected chi connectivity index (χ3v) is 7.36. The Hall–Kier alpha value is -2.12. The van der Waals surface area contributed by atoms with Crippen LogP contribution < -0.4 is 10.6 Å². The molecule has 4 amide bonds. The fourth-order valence-corrected chi connectivity index (χ4v) is 6.70. The second kappa shape index (κ2) is 8.10. The minimum atomic E-state index is -0.688. The monoisotopic (exact) mass is 433 g/mol. The Morgan fingerprint density at radius 2 is 1.58 bits per heavy atom. The average Bonchev–Trinajstić information content (AvgIpc) is 3.12. The maximum absolute atomic E-state index is 13.6. The second-order valence-corrected chi connectivity index (χ2v) is 11.2. The summed E-state index contributed by atoms with van der Waals surface area (Å²) in [5.74, 6) is 0.859. The molecule has 0 aromatic rings. The van der Waals surface area contributed by atoms with E-state index in [0.717, 1.165) is 25.7 Å². The van der Waals surface area contributed by atoms with Crippen LogP contribution in [-0.2, 0) is 19.1 Å². The van der Waals surface area contributed by atoms with Crippen molar-refractivity contribution in [3.8, 4) is 0 Å². The smallest absolute Gasteiger partial charge is 0.329 e. The molecule has 1 saturated heterocycles. The summed E-state index contributed by atoms with van der Waals surface area (Å²) < 4.78 is 5.19. The Balaban J connectivity index is 1.32. The first kappa shape index (κ1) is 22.1. The van der Waals surface area contributed by atoms with E-state index in [-0.39, 0.29) is 11.3 Å². The maximum atomic E-state index is 13.6. The number of urea groups is 1. The molecule has 1 heterocycles. The van der Waals surface area contributed by atoms with Gasteiger partial charge in [-0.25, -0.2) is 9.59 Å². The number of hydrogen-bond acceptors (Lipinski definition) is 5. The fourth-order valence-electron chi connectivity index (χ4n) is 6.70. The van der Waals surface area contributed by atoms with Crippen LogP contribution in [0.25, 0.3) is 0 Å². The molecule has 0 radical (unpaired) electrons. The van der Waals surface area contributed by atoms with Gasteiger partial charge in [-0.2, -0.15) is 0 Å². The van der Waals surface area contributed by atoms with Gasteiger partial charge < -0.3 is 15.0 Å². The van der Waals surface area contributed by atoms with Gasteiger partial charge in [-0.15, -0.1) is 0 Å². The quantitative estimate of drug-likeness (QED) is 0.662. The molecule has 8 heteroatoms. The third-order valence-electron chi connectivity index (χ3n) is 7.36. The summed E-state index contributed by atoms with van der Waals surface area (Å²) >= 11 is 0. The Labute approximate surface area is 183 Å². The van der Waals surface area contributed by atoms with E-state index in [2.05, 4.69) is 10.6 Å². The molecule has 5 rings (SSSR count). The number of carbonyl (C=O) groups excluding carboxylic acids is 4. The van der Waals surface area contributed by atoms with Crippen molar-refractivity contribution in [1.29, 1.82) is 0 Å². The molecule has 4 bridgehead atoms. The number of hydrogen-bond donors (Lipinski definition) is 2. The van der Waals surface area contributed by atoms with Gasteiger partial charge in [0.2, 0.25) is 5.91 Å². The summed E-state index contributed by atoms with van der Waals surface area (Å²) in [5, 5.41) is 4.77. The minimum Gasteiger partial charge on any atom is -0.454 e.